The molecular formula is C20H21N3O. The molecule has 0 amide bonds. The number of aliphatic hydroxyl groups is 1. The standard InChI is InChI=1S/C20H21N3O/c21-12-17-7-6-16(13-22-17)20(24)10-18-8-9-19(11-20)23(18)14-15-4-2-1-3-5-15/h1-7,13,18-19,24H,8-11,14H2. The average molecular weight is 319 g/mol. The zero-order valence-electron chi connectivity index (χ0n) is 13.6. The van der Waals surface area contributed by atoms with Gasteiger partial charge in [0.2, 0.25) is 0 Å². The number of fused-ring (bicyclic) bond motifs is 2. The summed E-state index contributed by atoms with van der Waals surface area (Å²) in [4.78, 5) is 6.70. The first-order valence-corrected chi connectivity index (χ1v) is 8.57. The summed E-state index contributed by atoms with van der Waals surface area (Å²) in [6, 6.07) is 17.0. The minimum absolute atomic E-state index is 0.395. The second kappa shape index (κ2) is 6.01. The van der Waals surface area contributed by atoms with Crippen molar-refractivity contribution in [2.45, 2.75) is 49.9 Å². The van der Waals surface area contributed by atoms with Gasteiger partial charge in [-0.2, -0.15) is 5.26 Å². The lowest BCUT2D eigenvalue weighted by molar-refractivity contribution is -0.0597. The lowest BCUT2D eigenvalue weighted by atomic mass is 9.81. The van der Waals surface area contributed by atoms with Crippen LogP contribution in [0.1, 0.15) is 42.5 Å². The van der Waals surface area contributed by atoms with E-state index in [1.54, 1.807) is 12.3 Å². The van der Waals surface area contributed by atoms with Gasteiger partial charge >= 0.3 is 0 Å². The van der Waals surface area contributed by atoms with Gasteiger partial charge in [0.1, 0.15) is 11.8 Å². The summed E-state index contributed by atoms with van der Waals surface area (Å²) < 4.78 is 0. The van der Waals surface area contributed by atoms with Crippen molar-refractivity contribution in [3.63, 3.8) is 0 Å². The fourth-order valence-corrected chi connectivity index (χ4v) is 4.34. The predicted octanol–water partition coefficient (Wildman–Crippen LogP) is 2.97. The Bertz CT molecular complexity index is 737. The van der Waals surface area contributed by atoms with Gasteiger partial charge in [-0.3, -0.25) is 4.90 Å². The number of rotatable bonds is 3. The van der Waals surface area contributed by atoms with Crippen molar-refractivity contribution >= 4 is 0 Å². The van der Waals surface area contributed by atoms with Crippen LogP contribution < -0.4 is 0 Å². The van der Waals surface area contributed by atoms with E-state index in [2.05, 4.69) is 34.1 Å². The Morgan fingerprint density at radius 1 is 1.12 bits per heavy atom. The second-order valence-corrected chi connectivity index (χ2v) is 7.03. The van der Waals surface area contributed by atoms with Crippen molar-refractivity contribution in [2.24, 2.45) is 0 Å². The summed E-state index contributed by atoms with van der Waals surface area (Å²) in [5.41, 5.74) is 1.75. The first kappa shape index (κ1) is 15.3. The molecule has 4 heteroatoms. The maximum atomic E-state index is 11.2. The number of aromatic nitrogens is 1. The summed E-state index contributed by atoms with van der Waals surface area (Å²) in [5.74, 6) is 0. The fraction of sp³-hybridized carbons (Fsp3) is 0.400. The molecule has 2 aliphatic heterocycles. The normalized spacial score (nSPS) is 29.3. The van der Waals surface area contributed by atoms with Crippen LogP contribution >= 0.6 is 0 Å². The van der Waals surface area contributed by atoms with Gasteiger partial charge in [0, 0.05) is 30.4 Å². The van der Waals surface area contributed by atoms with Gasteiger partial charge < -0.3 is 5.11 Å². The van der Waals surface area contributed by atoms with Gasteiger partial charge in [0.05, 0.1) is 5.60 Å². The van der Waals surface area contributed by atoms with E-state index in [1.807, 2.05) is 18.2 Å². The third-order valence-corrected chi connectivity index (χ3v) is 5.54. The molecule has 2 unspecified atom stereocenters. The molecule has 3 heterocycles. The van der Waals surface area contributed by atoms with Gasteiger partial charge in [0.25, 0.3) is 0 Å². The van der Waals surface area contributed by atoms with Gasteiger partial charge in [-0.1, -0.05) is 36.4 Å². The largest absolute Gasteiger partial charge is 0.385 e. The molecule has 1 N–H and O–H groups in total. The molecule has 0 saturated carbocycles. The van der Waals surface area contributed by atoms with Crippen molar-refractivity contribution in [3.8, 4) is 6.07 Å². The number of pyridine rings is 1. The highest BCUT2D eigenvalue weighted by molar-refractivity contribution is 5.28. The van der Waals surface area contributed by atoms with Gasteiger partial charge in [-0.05, 0) is 37.3 Å². The number of hydrogen-bond acceptors (Lipinski definition) is 4. The average Bonchev–Trinajstić information content (AvgIpc) is 2.86. The lowest BCUT2D eigenvalue weighted by Gasteiger charge is -2.44. The Labute approximate surface area is 142 Å². The van der Waals surface area contributed by atoms with Crippen molar-refractivity contribution in [3.05, 3.63) is 65.5 Å². The highest BCUT2D eigenvalue weighted by atomic mass is 16.3. The van der Waals surface area contributed by atoms with Crippen LogP contribution in [0.4, 0.5) is 0 Å². The smallest absolute Gasteiger partial charge is 0.140 e. The quantitative estimate of drug-likeness (QED) is 0.945. The van der Waals surface area contributed by atoms with E-state index >= 15 is 0 Å². The molecule has 2 atom stereocenters. The van der Waals surface area contributed by atoms with E-state index in [0.29, 0.717) is 17.8 Å². The maximum absolute atomic E-state index is 11.2. The van der Waals surface area contributed by atoms with Crippen molar-refractivity contribution < 1.29 is 5.11 Å². The molecule has 2 saturated heterocycles. The molecule has 0 radical (unpaired) electrons. The number of hydrogen-bond donors (Lipinski definition) is 1. The number of piperidine rings is 1. The van der Waals surface area contributed by atoms with Crippen LogP contribution in [0.3, 0.4) is 0 Å². The first-order chi connectivity index (χ1) is 11.7. The van der Waals surface area contributed by atoms with Crippen LogP contribution in [-0.2, 0) is 12.1 Å². The molecule has 2 aliphatic rings. The Hall–Kier alpha value is -2.22. The number of nitrogens with zero attached hydrogens (tertiary/aromatic N) is 3. The summed E-state index contributed by atoms with van der Waals surface area (Å²) in [6.45, 7) is 0.956. The van der Waals surface area contributed by atoms with E-state index in [9.17, 15) is 5.11 Å². The number of benzene rings is 1. The van der Waals surface area contributed by atoms with Crippen molar-refractivity contribution in [1.29, 1.82) is 5.26 Å². The topological polar surface area (TPSA) is 60.1 Å². The first-order valence-electron chi connectivity index (χ1n) is 8.57. The van der Waals surface area contributed by atoms with Gasteiger partial charge in [-0.15, -0.1) is 0 Å². The molecule has 24 heavy (non-hydrogen) atoms. The van der Waals surface area contributed by atoms with E-state index in [-0.39, 0.29) is 0 Å². The Morgan fingerprint density at radius 2 is 1.83 bits per heavy atom. The zero-order valence-corrected chi connectivity index (χ0v) is 13.6. The molecule has 1 aromatic carbocycles. The molecule has 4 nitrogen and oxygen atoms in total. The molecule has 2 aromatic rings. The van der Waals surface area contributed by atoms with E-state index in [0.717, 1.165) is 37.8 Å². The van der Waals surface area contributed by atoms with Crippen LogP contribution in [0.2, 0.25) is 0 Å². The van der Waals surface area contributed by atoms with Gasteiger partial charge in [-0.25, -0.2) is 4.98 Å². The summed E-state index contributed by atoms with van der Waals surface area (Å²) in [5, 5.41) is 20.1. The number of nitriles is 1. The molecule has 1 aromatic heterocycles. The Balaban J connectivity index is 1.54. The van der Waals surface area contributed by atoms with Crippen LogP contribution in [0.25, 0.3) is 0 Å². The fourth-order valence-electron chi connectivity index (χ4n) is 4.34. The van der Waals surface area contributed by atoms with Crippen molar-refractivity contribution in [1.82, 2.24) is 9.88 Å². The molecule has 122 valence electrons. The van der Waals surface area contributed by atoms with Crippen molar-refractivity contribution in [2.75, 3.05) is 0 Å². The van der Waals surface area contributed by atoms with Crippen LogP contribution in [-0.4, -0.2) is 27.1 Å². The third kappa shape index (κ3) is 2.71. The van der Waals surface area contributed by atoms with E-state index < -0.39 is 5.60 Å². The SMILES string of the molecule is N#Cc1ccc(C2(O)CC3CCC(C2)N3Cc2ccccc2)cn1. The molecular weight excluding hydrogens is 298 g/mol. The van der Waals surface area contributed by atoms with Crippen LogP contribution in [0, 0.1) is 11.3 Å². The monoisotopic (exact) mass is 319 g/mol. The highest BCUT2D eigenvalue weighted by Gasteiger charge is 2.48. The molecule has 0 spiro atoms. The predicted molar refractivity (Wildman–Crippen MR) is 90.9 cm³/mol. The van der Waals surface area contributed by atoms with Crippen LogP contribution in [0.5, 0.6) is 0 Å². The minimum atomic E-state index is -0.819. The minimum Gasteiger partial charge on any atom is -0.385 e. The Morgan fingerprint density at radius 3 is 2.42 bits per heavy atom. The van der Waals surface area contributed by atoms with Gasteiger partial charge in [0.15, 0.2) is 0 Å². The summed E-state index contributed by atoms with van der Waals surface area (Å²) in [6.07, 6.45) is 5.44. The molecule has 2 bridgehead atoms. The maximum Gasteiger partial charge on any atom is 0.140 e. The zero-order chi connectivity index (χ0) is 16.6. The summed E-state index contributed by atoms with van der Waals surface area (Å²) >= 11 is 0. The molecule has 0 aliphatic carbocycles. The lowest BCUT2D eigenvalue weighted by Crippen LogP contribution is -2.49. The molecule has 4 rings (SSSR count). The van der Waals surface area contributed by atoms with Crippen LogP contribution in [0.15, 0.2) is 48.7 Å². The Kier molecular flexibility index (Phi) is 3.84. The van der Waals surface area contributed by atoms with E-state index in [1.165, 1.54) is 5.56 Å². The summed E-state index contributed by atoms with van der Waals surface area (Å²) in [7, 11) is 0. The second-order valence-electron chi connectivity index (χ2n) is 7.03. The van der Waals surface area contributed by atoms with E-state index in [4.69, 9.17) is 5.26 Å². The third-order valence-electron chi connectivity index (χ3n) is 5.54. The molecule has 2 fully saturated rings. The highest BCUT2D eigenvalue weighted by Crippen LogP contribution is 2.46.